The zero-order valence-electron chi connectivity index (χ0n) is 29.2. The van der Waals surface area contributed by atoms with Crippen molar-refractivity contribution < 1.29 is 0 Å². The Kier molecular flexibility index (Phi) is 7.55. The molecule has 1 heteroatoms. The lowest BCUT2D eigenvalue weighted by Gasteiger charge is -2.28. The van der Waals surface area contributed by atoms with Crippen LogP contribution in [0.15, 0.2) is 212 Å². The van der Waals surface area contributed by atoms with Gasteiger partial charge < -0.3 is 4.90 Å². The lowest BCUT2D eigenvalue weighted by atomic mass is 9.93. The van der Waals surface area contributed by atoms with Gasteiger partial charge in [0.15, 0.2) is 0 Å². The Morgan fingerprint density at radius 2 is 0.792 bits per heavy atom. The van der Waals surface area contributed by atoms with E-state index in [2.05, 4.69) is 217 Å². The first-order valence-corrected chi connectivity index (χ1v) is 18.3. The average Bonchev–Trinajstić information content (AvgIpc) is 3.24. The molecular weight excluding hydrogens is 639 g/mol. The number of benzene rings is 10. The van der Waals surface area contributed by atoms with Crippen molar-refractivity contribution in [3.63, 3.8) is 0 Å². The summed E-state index contributed by atoms with van der Waals surface area (Å²) in [5.41, 5.74) is 10.5. The molecule has 0 aromatic heterocycles. The lowest BCUT2D eigenvalue weighted by Crippen LogP contribution is -2.11. The van der Waals surface area contributed by atoms with E-state index in [1.54, 1.807) is 0 Å². The first kappa shape index (κ1) is 30.8. The molecule has 0 atom stereocenters. The molecule has 1 nitrogen and oxygen atoms in total. The van der Waals surface area contributed by atoms with Crippen LogP contribution in [-0.2, 0) is 0 Å². The molecule has 0 saturated carbocycles. The van der Waals surface area contributed by atoms with E-state index in [0.29, 0.717) is 0 Å². The maximum Gasteiger partial charge on any atom is 0.0540 e. The van der Waals surface area contributed by atoms with E-state index >= 15 is 0 Å². The highest BCUT2D eigenvalue weighted by molar-refractivity contribution is 6.14. The number of fused-ring (bicyclic) bond motifs is 5. The van der Waals surface area contributed by atoms with Crippen molar-refractivity contribution in [1.82, 2.24) is 0 Å². The smallest absolute Gasteiger partial charge is 0.0540 e. The molecule has 0 saturated heterocycles. The number of rotatable bonds is 6. The van der Waals surface area contributed by atoms with Gasteiger partial charge in [-0.2, -0.15) is 0 Å². The van der Waals surface area contributed by atoms with Crippen molar-refractivity contribution in [3.8, 4) is 33.4 Å². The number of nitrogens with zero attached hydrogens (tertiary/aromatic N) is 1. The second-order valence-corrected chi connectivity index (χ2v) is 13.8. The summed E-state index contributed by atoms with van der Waals surface area (Å²) < 4.78 is 0. The molecule has 0 heterocycles. The summed E-state index contributed by atoms with van der Waals surface area (Å²) in [4.78, 5) is 2.42. The van der Waals surface area contributed by atoms with Gasteiger partial charge in [0, 0.05) is 16.9 Å². The van der Waals surface area contributed by atoms with Gasteiger partial charge in [0.25, 0.3) is 0 Å². The highest BCUT2D eigenvalue weighted by atomic mass is 15.1. The lowest BCUT2D eigenvalue weighted by molar-refractivity contribution is 1.28. The largest absolute Gasteiger partial charge is 0.310 e. The third kappa shape index (κ3) is 5.60. The van der Waals surface area contributed by atoms with Crippen molar-refractivity contribution >= 4 is 60.2 Å². The number of anilines is 3. The van der Waals surface area contributed by atoms with Crippen molar-refractivity contribution in [2.45, 2.75) is 0 Å². The molecule has 53 heavy (non-hydrogen) atoms. The molecule has 0 radical (unpaired) electrons. The SMILES string of the molecule is c1cc(-c2cc3ccccc3c3ccccc23)cc(N(c2ccc(-c3ccc4ccccc4c3)cc2)c2ccccc2-c2ccc3ccccc3c2)c1. The molecule has 10 rings (SSSR count). The molecule has 0 fully saturated rings. The quantitative estimate of drug-likeness (QED) is 0.159. The highest BCUT2D eigenvalue weighted by Gasteiger charge is 2.19. The average molecular weight is 674 g/mol. The molecule has 0 spiro atoms. The highest BCUT2D eigenvalue weighted by Crippen LogP contribution is 2.44. The molecule has 0 amide bonds. The van der Waals surface area contributed by atoms with Crippen LogP contribution < -0.4 is 4.90 Å². The summed E-state index contributed by atoms with van der Waals surface area (Å²) in [6.45, 7) is 0. The van der Waals surface area contributed by atoms with Gasteiger partial charge in [0.05, 0.1) is 5.69 Å². The zero-order chi connectivity index (χ0) is 35.1. The third-order valence-electron chi connectivity index (χ3n) is 10.6. The fourth-order valence-electron chi connectivity index (χ4n) is 7.97. The maximum atomic E-state index is 2.42. The summed E-state index contributed by atoms with van der Waals surface area (Å²) in [7, 11) is 0. The van der Waals surface area contributed by atoms with Crippen LogP contribution in [0.2, 0.25) is 0 Å². The minimum Gasteiger partial charge on any atom is -0.310 e. The molecule has 0 unspecified atom stereocenters. The fourth-order valence-corrected chi connectivity index (χ4v) is 7.97. The van der Waals surface area contributed by atoms with Crippen LogP contribution in [0.4, 0.5) is 17.1 Å². The summed E-state index contributed by atoms with van der Waals surface area (Å²) in [6.07, 6.45) is 0. The molecular formula is C52H35N. The van der Waals surface area contributed by atoms with Gasteiger partial charge in [-0.15, -0.1) is 0 Å². The maximum absolute atomic E-state index is 2.42. The van der Waals surface area contributed by atoms with Crippen LogP contribution in [-0.4, -0.2) is 0 Å². The standard InChI is InChI=1S/C52H35N/c1-3-14-39-32-41(26-24-36(39)12-1)38-28-30-45(31-29-38)53(52-23-10-9-20-48(52)44-27-25-37-13-2-4-15-40(37)33-44)46-18-11-17-42(34-46)51-35-43-16-5-6-19-47(43)49-21-7-8-22-50(49)51/h1-35H. The number of hydrogen-bond acceptors (Lipinski definition) is 1. The molecule has 0 bridgehead atoms. The van der Waals surface area contributed by atoms with E-state index in [1.165, 1.54) is 76.5 Å². The van der Waals surface area contributed by atoms with E-state index in [1.807, 2.05) is 0 Å². The monoisotopic (exact) mass is 673 g/mol. The molecule has 10 aromatic rings. The first-order valence-electron chi connectivity index (χ1n) is 18.3. The van der Waals surface area contributed by atoms with E-state index in [-0.39, 0.29) is 0 Å². The van der Waals surface area contributed by atoms with E-state index in [9.17, 15) is 0 Å². The van der Waals surface area contributed by atoms with Crippen LogP contribution in [0, 0.1) is 0 Å². The summed E-state index contributed by atoms with van der Waals surface area (Å²) in [5, 5.41) is 10.0. The zero-order valence-corrected chi connectivity index (χ0v) is 29.2. The summed E-state index contributed by atoms with van der Waals surface area (Å²) in [6, 6.07) is 77.4. The van der Waals surface area contributed by atoms with Gasteiger partial charge in [-0.25, -0.2) is 0 Å². The first-order chi connectivity index (χ1) is 26.3. The van der Waals surface area contributed by atoms with E-state index in [4.69, 9.17) is 0 Å². The fraction of sp³-hybridized carbons (Fsp3) is 0. The molecule has 0 aliphatic heterocycles. The Labute approximate surface area is 309 Å². The van der Waals surface area contributed by atoms with E-state index in [0.717, 1.165) is 17.1 Å². The minimum absolute atomic E-state index is 1.10. The third-order valence-corrected chi connectivity index (χ3v) is 10.6. The van der Waals surface area contributed by atoms with Crippen LogP contribution in [0.3, 0.4) is 0 Å². The van der Waals surface area contributed by atoms with Crippen LogP contribution in [0.25, 0.3) is 76.5 Å². The van der Waals surface area contributed by atoms with Crippen molar-refractivity contribution in [1.29, 1.82) is 0 Å². The van der Waals surface area contributed by atoms with Crippen molar-refractivity contribution in [2.24, 2.45) is 0 Å². The van der Waals surface area contributed by atoms with Gasteiger partial charge in [0.1, 0.15) is 0 Å². The van der Waals surface area contributed by atoms with Crippen LogP contribution >= 0.6 is 0 Å². The second-order valence-electron chi connectivity index (χ2n) is 13.8. The Balaban J connectivity index is 1.15. The van der Waals surface area contributed by atoms with Gasteiger partial charge in [-0.1, -0.05) is 164 Å². The molecule has 248 valence electrons. The Morgan fingerprint density at radius 1 is 0.245 bits per heavy atom. The summed E-state index contributed by atoms with van der Waals surface area (Å²) >= 11 is 0. The van der Waals surface area contributed by atoms with Crippen molar-refractivity contribution in [3.05, 3.63) is 212 Å². The molecule has 0 aliphatic carbocycles. The van der Waals surface area contributed by atoms with Crippen LogP contribution in [0.5, 0.6) is 0 Å². The van der Waals surface area contributed by atoms with Gasteiger partial charge in [-0.05, 0) is 119 Å². The minimum atomic E-state index is 1.10. The second kappa shape index (κ2) is 13.0. The van der Waals surface area contributed by atoms with Crippen molar-refractivity contribution in [2.75, 3.05) is 4.90 Å². The topological polar surface area (TPSA) is 3.24 Å². The molecule has 10 aromatic carbocycles. The van der Waals surface area contributed by atoms with Crippen LogP contribution in [0.1, 0.15) is 0 Å². The Hall–Kier alpha value is -6.96. The number of hydrogen-bond donors (Lipinski definition) is 0. The molecule has 0 aliphatic rings. The van der Waals surface area contributed by atoms with E-state index < -0.39 is 0 Å². The predicted octanol–water partition coefficient (Wildman–Crippen LogP) is 14.8. The van der Waals surface area contributed by atoms with Gasteiger partial charge in [-0.3, -0.25) is 0 Å². The van der Waals surface area contributed by atoms with Gasteiger partial charge in [0.2, 0.25) is 0 Å². The predicted molar refractivity (Wildman–Crippen MR) is 227 cm³/mol. The summed E-state index contributed by atoms with van der Waals surface area (Å²) in [5.74, 6) is 0. The number of para-hydroxylation sites is 1. The van der Waals surface area contributed by atoms with Gasteiger partial charge >= 0.3 is 0 Å². The Morgan fingerprint density at radius 3 is 1.55 bits per heavy atom. The Bertz CT molecular complexity index is 2960. The normalized spacial score (nSPS) is 11.4. The molecule has 0 N–H and O–H groups in total.